The number of hydrogen-bond acceptors (Lipinski definition) is 6. The predicted octanol–water partition coefficient (Wildman–Crippen LogP) is 12.1. The summed E-state index contributed by atoms with van der Waals surface area (Å²) in [5, 5.41) is 44.6. The van der Waals surface area contributed by atoms with Crippen LogP contribution in [0, 0.1) is 38.5 Å². The van der Waals surface area contributed by atoms with Gasteiger partial charge in [0.05, 0.1) is 10.8 Å². The molecule has 8 N–H and O–H groups in total. The summed E-state index contributed by atoms with van der Waals surface area (Å²) in [5.74, 6) is 0.00662. The zero-order valence-corrected chi connectivity index (χ0v) is 42.7. The van der Waals surface area contributed by atoms with E-state index in [9.17, 15) is 30.0 Å². The van der Waals surface area contributed by atoms with Crippen LogP contribution in [0.2, 0.25) is 0 Å². The zero-order valence-electron chi connectivity index (χ0n) is 42.7. The van der Waals surface area contributed by atoms with Gasteiger partial charge in [-0.2, -0.15) is 0 Å². The van der Waals surface area contributed by atoms with Crippen molar-refractivity contribution >= 4 is 11.8 Å². The summed E-state index contributed by atoms with van der Waals surface area (Å²) in [7, 11) is 0. The molecule has 65 heavy (non-hydrogen) atoms. The molecule has 0 aliphatic carbocycles. The Morgan fingerprint density at radius 3 is 0.723 bits per heavy atom. The standard InChI is InChI=1S/C57H82N2O6/c1-34-25-38(29-42(46(34)60)52(5,6)7)17-21-56(50(58)64,22-18-39-26-35(2)47(61)43(30-39)53(8,9)10)33-57(51(59)65,23-19-40-27-36(3)48(62)44(31-40)54(11,12)13)24-20-41-28-37(4)49(63)45(32-41)55(14,15)16/h25-32,60-63H,17-24,33H2,1-16H3,(H2,58,64)(H2,59,65). The van der Waals surface area contributed by atoms with Crippen molar-refractivity contribution < 1.29 is 30.0 Å². The van der Waals surface area contributed by atoms with E-state index in [1.54, 1.807) is 0 Å². The molecular weight excluding hydrogens is 809 g/mol. The quantitative estimate of drug-likeness (QED) is 0.0655. The second kappa shape index (κ2) is 19.1. The van der Waals surface area contributed by atoms with Gasteiger partial charge in [-0.1, -0.05) is 132 Å². The molecule has 0 saturated heterocycles. The minimum Gasteiger partial charge on any atom is -0.507 e. The first kappa shape index (κ1) is 52.6. The van der Waals surface area contributed by atoms with Crippen molar-refractivity contribution in [3.63, 3.8) is 0 Å². The average Bonchev–Trinajstić information content (AvgIpc) is 3.16. The van der Waals surface area contributed by atoms with Gasteiger partial charge >= 0.3 is 0 Å². The number of carbonyl (C=O) groups is 2. The second-order valence-electron chi connectivity index (χ2n) is 23.7. The van der Waals surface area contributed by atoms with Gasteiger partial charge in [0.2, 0.25) is 11.8 Å². The molecule has 0 spiro atoms. The largest absolute Gasteiger partial charge is 0.507 e. The minimum atomic E-state index is -1.22. The Hall–Kier alpha value is -4.98. The van der Waals surface area contributed by atoms with E-state index in [1.165, 1.54) is 0 Å². The Morgan fingerprint density at radius 2 is 0.569 bits per heavy atom. The van der Waals surface area contributed by atoms with Gasteiger partial charge in [-0.15, -0.1) is 0 Å². The third-order valence-electron chi connectivity index (χ3n) is 14.0. The van der Waals surface area contributed by atoms with Crippen molar-refractivity contribution in [2.75, 3.05) is 0 Å². The Kier molecular flexibility index (Phi) is 15.5. The maximum absolute atomic E-state index is 14.6. The molecule has 0 radical (unpaired) electrons. The first-order valence-electron chi connectivity index (χ1n) is 23.5. The summed E-state index contributed by atoms with van der Waals surface area (Å²) >= 11 is 0. The van der Waals surface area contributed by atoms with E-state index >= 15 is 0 Å². The van der Waals surface area contributed by atoms with Gasteiger partial charge in [-0.05, 0) is 174 Å². The number of carbonyl (C=O) groups excluding carboxylic acids is 2. The molecule has 0 saturated carbocycles. The topological polar surface area (TPSA) is 167 Å². The molecule has 0 bridgehead atoms. The highest BCUT2D eigenvalue weighted by molar-refractivity contribution is 5.85. The number of aryl methyl sites for hydroxylation is 8. The number of primary amides is 2. The summed E-state index contributed by atoms with van der Waals surface area (Å²) in [6.07, 6.45) is 3.25. The lowest BCUT2D eigenvalue weighted by Crippen LogP contribution is -2.48. The minimum absolute atomic E-state index is 0.101. The van der Waals surface area contributed by atoms with Crippen molar-refractivity contribution in [1.82, 2.24) is 0 Å². The van der Waals surface area contributed by atoms with E-state index in [0.29, 0.717) is 51.4 Å². The molecule has 0 unspecified atom stereocenters. The highest BCUT2D eigenvalue weighted by atomic mass is 16.3. The maximum atomic E-state index is 14.6. The first-order valence-corrected chi connectivity index (χ1v) is 23.5. The third kappa shape index (κ3) is 12.3. The summed E-state index contributed by atoms with van der Waals surface area (Å²) in [6, 6.07) is 16.0. The molecule has 2 amide bonds. The van der Waals surface area contributed by atoms with Gasteiger partial charge in [0.25, 0.3) is 0 Å². The first-order chi connectivity index (χ1) is 29.6. The molecule has 0 aliphatic heterocycles. The fourth-order valence-electron chi connectivity index (χ4n) is 9.73. The van der Waals surface area contributed by atoms with E-state index in [-0.39, 0.29) is 51.1 Å². The number of phenols is 4. The number of rotatable bonds is 16. The molecule has 4 aromatic rings. The van der Waals surface area contributed by atoms with E-state index in [1.807, 2.05) is 76.2 Å². The number of benzene rings is 4. The van der Waals surface area contributed by atoms with Crippen LogP contribution in [0.3, 0.4) is 0 Å². The van der Waals surface area contributed by atoms with Crippen molar-refractivity contribution in [2.45, 2.75) is 190 Å². The number of phenolic OH excluding ortho intramolecular Hbond substituents is 4. The molecule has 356 valence electrons. The third-order valence-corrected chi connectivity index (χ3v) is 14.0. The summed E-state index contributed by atoms with van der Waals surface area (Å²) < 4.78 is 0. The normalized spacial score (nSPS) is 13.0. The number of hydrogen-bond donors (Lipinski definition) is 6. The van der Waals surface area contributed by atoms with Crippen molar-refractivity contribution in [1.29, 1.82) is 0 Å². The molecule has 8 heteroatoms. The van der Waals surface area contributed by atoms with Gasteiger partial charge in [0.15, 0.2) is 0 Å². The molecule has 0 aliphatic rings. The van der Waals surface area contributed by atoms with E-state index < -0.39 is 22.6 Å². The number of amides is 2. The second-order valence-corrected chi connectivity index (χ2v) is 23.7. The van der Waals surface area contributed by atoms with Crippen molar-refractivity contribution in [3.05, 3.63) is 115 Å². The summed E-state index contributed by atoms with van der Waals surface area (Å²) in [6.45, 7) is 32.3. The van der Waals surface area contributed by atoms with Gasteiger partial charge in [0, 0.05) is 0 Å². The van der Waals surface area contributed by atoms with Crippen LogP contribution in [0.4, 0.5) is 0 Å². The van der Waals surface area contributed by atoms with E-state index in [2.05, 4.69) is 83.1 Å². The van der Waals surface area contributed by atoms with Crippen LogP contribution in [0.5, 0.6) is 23.0 Å². The van der Waals surface area contributed by atoms with E-state index in [0.717, 1.165) is 66.8 Å². The molecule has 0 atom stereocenters. The van der Waals surface area contributed by atoms with Crippen LogP contribution < -0.4 is 11.5 Å². The predicted molar refractivity (Wildman–Crippen MR) is 267 cm³/mol. The maximum Gasteiger partial charge on any atom is 0.223 e. The van der Waals surface area contributed by atoms with Crippen LogP contribution in [-0.4, -0.2) is 32.2 Å². The Morgan fingerprint density at radius 1 is 0.385 bits per heavy atom. The highest BCUT2D eigenvalue weighted by Crippen LogP contribution is 2.48. The highest BCUT2D eigenvalue weighted by Gasteiger charge is 2.48. The van der Waals surface area contributed by atoms with Crippen LogP contribution in [-0.2, 0) is 56.9 Å². The molecular formula is C57H82N2O6. The smallest absolute Gasteiger partial charge is 0.223 e. The van der Waals surface area contributed by atoms with Crippen LogP contribution >= 0.6 is 0 Å². The van der Waals surface area contributed by atoms with Gasteiger partial charge < -0.3 is 31.9 Å². The Bertz CT molecular complexity index is 2080. The SMILES string of the molecule is Cc1cc(CCC(CCc2cc(C)c(O)c(C(C)(C)C)c2)(CC(CCc2cc(C)c(O)c(C(C)(C)C)c2)(CCc2cc(C)c(O)c(C(C)(C)C)c2)C(N)=O)C(N)=O)cc(C(C)(C)C)c1O. The number of nitrogens with two attached hydrogens (primary N) is 2. The van der Waals surface area contributed by atoms with Crippen LogP contribution in [0.25, 0.3) is 0 Å². The average molecular weight is 891 g/mol. The Labute approximate surface area is 391 Å². The molecule has 0 fully saturated rings. The summed E-state index contributed by atoms with van der Waals surface area (Å²) in [4.78, 5) is 29.2. The fourth-order valence-corrected chi connectivity index (χ4v) is 9.73. The van der Waals surface area contributed by atoms with E-state index in [4.69, 9.17) is 11.5 Å². The monoisotopic (exact) mass is 891 g/mol. The van der Waals surface area contributed by atoms with Gasteiger partial charge in [0.1, 0.15) is 23.0 Å². The molecule has 4 aromatic carbocycles. The van der Waals surface area contributed by atoms with Crippen molar-refractivity contribution in [3.8, 4) is 23.0 Å². The van der Waals surface area contributed by atoms with Crippen LogP contribution in [0.1, 0.15) is 182 Å². The van der Waals surface area contributed by atoms with Crippen LogP contribution in [0.15, 0.2) is 48.5 Å². The molecule has 8 nitrogen and oxygen atoms in total. The lowest BCUT2D eigenvalue weighted by Gasteiger charge is -2.41. The van der Waals surface area contributed by atoms with Crippen molar-refractivity contribution in [2.24, 2.45) is 22.3 Å². The molecule has 0 aromatic heterocycles. The summed E-state index contributed by atoms with van der Waals surface area (Å²) in [5.41, 5.74) is 19.7. The fraction of sp³-hybridized carbons (Fsp3) is 0.544. The molecule has 0 heterocycles. The number of aromatic hydroxyl groups is 4. The van der Waals surface area contributed by atoms with Gasteiger partial charge in [-0.25, -0.2) is 0 Å². The zero-order chi connectivity index (χ0) is 49.4. The molecule has 4 rings (SSSR count). The lowest BCUT2D eigenvalue weighted by molar-refractivity contribution is -0.137. The Balaban J connectivity index is 1.96. The lowest BCUT2D eigenvalue weighted by atomic mass is 9.61. The van der Waals surface area contributed by atoms with Gasteiger partial charge in [-0.3, -0.25) is 9.59 Å².